The van der Waals surface area contributed by atoms with Crippen LogP contribution in [0.1, 0.15) is 47.2 Å². The van der Waals surface area contributed by atoms with Gasteiger partial charge >= 0.3 is 5.97 Å². The van der Waals surface area contributed by atoms with Crippen molar-refractivity contribution in [3.63, 3.8) is 0 Å². The first-order valence-corrected chi connectivity index (χ1v) is 10.7. The van der Waals surface area contributed by atoms with Crippen LogP contribution in [-0.4, -0.2) is 62.9 Å². The lowest BCUT2D eigenvalue weighted by Crippen LogP contribution is -2.59. The van der Waals surface area contributed by atoms with Crippen molar-refractivity contribution in [2.75, 3.05) is 0 Å². The Morgan fingerprint density at radius 2 is 1.47 bits per heavy atom. The molecule has 0 aliphatic heterocycles. The van der Waals surface area contributed by atoms with Crippen molar-refractivity contribution in [3.05, 3.63) is 18.2 Å². The monoisotopic (exact) mass is 452 g/mol. The number of carbonyl (C=O) groups excluding carboxylic acids is 3. The molecule has 4 unspecified atom stereocenters. The summed E-state index contributed by atoms with van der Waals surface area (Å²) in [6.07, 6.45) is 3.00. The molecule has 11 nitrogen and oxygen atoms in total. The van der Waals surface area contributed by atoms with Gasteiger partial charge in [-0.25, -0.2) is 9.78 Å². The molecule has 11 heteroatoms. The summed E-state index contributed by atoms with van der Waals surface area (Å²) in [5.41, 5.74) is 6.46. The summed E-state index contributed by atoms with van der Waals surface area (Å²) in [6, 6.07) is -3.91. The Kier molecular flexibility index (Phi) is 10.3. The van der Waals surface area contributed by atoms with E-state index in [4.69, 9.17) is 5.73 Å². The van der Waals surface area contributed by atoms with Gasteiger partial charge in [-0.2, -0.15) is 0 Å². The molecule has 3 amide bonds. The molecule has 0 saturated carbocycles. The maximum absolute atomic E-state index is 13.0. The average Bonchev–Trinajstić information content (AvgIpc) is 3.20. The smallest absolute Gasteiger partial charge is 0.326 e. The van der Waals surface area contributed by atoms with E-state index >= 15 is 0 Å². The van der Waals surface area contributed by atoms with Gasteiger partial charge in [0.05, 0.1) is 12.4 Å². The van der Waals surface area contributed by atoms with E-state index in [-0.39, 0.29) is 24.2 Å². The molecule has 1 aromatic heterocycles. The Morgan fingerprint density at radius 1 is 0.906 bits per heavy atom. The molecule has 1 aromatic rings. The topological polar surface area (TPSA) is 179 Å². The first kappa shape index (κ1) is 27.1. The Balaban J connectivity index is 3.05. The lowest BCUT2D eigenvalue weighted by atomic mass is 9.99. The van der Waals surface area contributed by atoms with Gasteiger partial charge in [0, 0.05) is 18.3 Å². The third kappa shape index (κ3) is 7.95. The van der Waals surface area contributed by atoms with Crippen LogP contribution >= 0.6 is 0 Å². The van der Waals surface area contributed by atoms with Crippen LogP contribution < -0.4 is 21.7 Å². The van der Waals surface area contributed by atoms with E-state index in [1.54, 1.807) is 41.5 Å². The molecule has 7 N–H and O–H groups in total. The number of hydrogen-bond donors (Lipinski definition) is 6. The molecule has 1 heterocycles. The summed E-state index contributed by atoms with van der Waals surface area (Å²) in [5, 5.41) is 17.2. The van der Waals surface area contributed by atoms with E-state index in [0.29, 0.717) is 5.69 Å². The minimum Gasteiger partial charge on any atom is -0.480 e. The zero-order valence-corrected chi connectivity index (χ0v) is 19.5. The number of aromatic nitrogens is 2. The molecule has 0 aliphatic carbocycles. The number of hydrogen-bond acceptors (Lipinski definition) is 6. The highest BCUT2D eigenvalue weighted by molar-refractivity contribution is 5.94. The van der Waals surface area contributed by atoms with Crippen molar-refractivity contribution in [2.24, 2.45) is 23.5 Å². The third-order valence-corrected chi connectivity index (χ3v) is 5.11. The molecule has 0 radical (unpaired) electrons. The van der Waals surface area contributed by atoms with E-state index in [9.17, 15) is 24.3 Å². The summed E-state index contributed by atoms with van der Waals surface area (Å²) < 4.78 is 0. The van der Waals surface area contributed by atoms with Crippen molar-refractivity contribution in [1.82, 2.24) is 25.9 Å². The first-order chi connectivity index (χ1) is 14.8. The fraction of sp³-hybridized carbons (Fsp3) is 0.667. The number of imidazole rings is 1. The van der Waals surface area contributed by atoms with Crippen LogP contribution in [0, 0.1) is 17.8 Å². The van der Waals surface area contributed by atoms with Crippen LogP contribution in [0.5, 0.6) is 0 Å². The minimum absolute atomic E-state index is 0.0618. The molecule has 4 atom stereocenters. The van der Waals surface area contributed by atoms with Gasteiger partial charge in [0.2, 0.25) is 17.7 Å². The summed E-state index contributed by atoms with van der Waals surface area (Å²) >= 11 is 0. The van der Waals surface area contributed by atoms with Crippen LogP contribution in [0.15, 0.2) is 12.5 Å². The van der Waals surface area contributed by atoms with E-state index < -0.39 is 47.9 Å². The van der Waals surface area contributed by atoms with Gasteiger partial charge in [-0.15, -0.1) is 0 Å². The molecule has 180 valence electrons. The summed E-state index contributed by atoms with van der Waals surface area (Å²) in [6.45, 7) is 10.5. The van der Waals surface area contributed by atoms with Gasteiger partial charge < -0.3 is 31.8 Å². The van der Waals surface area contributed by atoms with Gasteiger partial charge in [0.15, 0.2) is 0 Å². The molecule has 1 rings (SSSR count). The first-order valence-electron chi connectivity index (χ1n) is 10.7. The second kappa shape index (κ2) is 12.2. The minimum atomic E-state index is -1.17. The van der Waals surface area contributed by atoms with Crippen LogP contribution in [0.2, 0.25) is 0 Å². The number of aliphatic carboxylic acids is 1. The highest BCUT2D eigenvalue weighted by Crippen LogP contribution is 2.08. The highest BCUT2D eigenvalue weighted by Gasteiger charge is 2.33. The number of nitrogens with two attached hydrogens (primary N) is 1. The Bertz CT molecular complexity index is 778. The zero-order chi connectivity index (χ0) is 24.6. The quantitative estimate of drug-likeness (QED) is 0.254. The van der Waals surface area contributed by atoms with Gasteiger partial charge in [-0.05, 0) is 17.8 Å². The Morgan fingerprint density at radius 3 is 1.91 bits per heavy atom. The second-order valence-corrected chi connectivity index (χ2v) is 8.91. The molecule has 0 spiro atoms. The number of carboxylic acid groups (broad SMARTS) is 1. The van der Waals surface area contributed by atoms with Gasteiger partial charge in [-0.3, -0.25) is 14.4 Å². The predicted molar refractivity (Wildman–Crippen MR) is 118 cm³/mol. The van der Waals surface area contributed by atoms with Crippen LogP contribution in [0.25, 0.3) is 0 Å². The Hall–Kier alpha value is -2.95. The largest absolute Gasteiger partial charge is 0.480 e. The van der Waals surface area contributed by atoms with E-state index in [1.165, 1.54) is 12.5 Å². The lowest BCUT2D eigenvalue weighted by molar-refractivity contribution is -0.143. The number of carboxylic acids is 1. The summed E-state index contributed by atoms with van der Waals surface area (Å²) in [4.78, 5) is 56.6. The average molecular weight is 453 g/mol. The van der Waals surface area contributed by atoms with Crippen LogP contribution in [0.3, 0.4) is 0 Å². The predicted octanol–water partition coefficient (Wildman–Crippen LogP) is -0.213. The number of nitrogens with one attached hydrogen (secondary N) is 4. The highest BCUT2D eigenvalue weighted by atomic mass is 16.4. The number of H-pyrrole nitrogens is 1. The summed E-state index contributed by atoms with van der Waals surface area (Å²) in [5.74, 6) is -3.61. The fourth-order valence-corrected chi connectivity index (χ4v) is 2.94. The van der Waals surface area contributed by atoms with Crippen LogP contribution in [-0.2, 0) is 25.6 Å². The van der Waals surface area contributed by atoms with Crippen molar-refractivity contribution < 1.29 is 24.3 Å². The van der Waals surface area contributed by atoms with Gasteiger partial charge in [0.1, 0.15) is 18.1 Å². The maximum Gasteiger partial charge on any atom is 0.326 e. The number of amides is 3. The zero-order valence-electron chi connectivity index (χ0n) is 19.5. The van der Waals surface area contributed by atoms with Crippen molar-refractivity contribution in [1.29, 1.82) is 0 Å². The van der Waals surface area contributed by atoms with Gasteiger partial charge in [-0.1, -0.05) is 41.5 Å². The van der Waals surface area contributed by atoms with Crippen molar-refractivity contribution in [3.8, 4) is 0 Å². The molecule has 0 fully saturated rings. The van der Waals surface area contributed by atoms with Gasteiger partial charge in [0.25, 0.3) is 0 Å². The standard InChI is InChI=1S/C21H36N6O5/c1-10(2)15(22)19(29)26-16(11(3)4)20(30)25-14(7-13-8-23-9-24-13)18(28)27-17(12(5)6)21(31)32/h8-12,14-17H,7,22H2,1-6H3,(H,23,24)(H,25,30)(H,26,29)(H,27,28)(H,31,32). The number of nitrogens with zero attached hydrogens (tertiary/aromatic N) is 1. The molecular formula is C21H36N6O5. The number of carbonyl (C=O) groups is 4. The fourth-order valence-electron chi connectivity index (χ4n) is 2.94. The van der Waals surface area contributed by atoms with E-state index in [2.05, 4.69) is 25.9 Å². The SMILES string of the molecule is CC(C)C(N)C(=O)NC(C(=O)NC(Cc1cnc[nH]1)C(=O)NC(C(=O)O)C(C)C)C(C)C. The molecule has 0 aromatic carbocycles. The normalized spacial score (nSPS) is 15.2. The third-order valence-electron chi connectivity index (χ3n) is 5.11. The molecule has 32 heavy (non-hydrogen) atoms. The number of aromatic amines is 1. The van der Waals surface area contributed by atoms with Crippen molar-refractivity contribution >= 4 is 23.7 Å². The van der Waals surface area contributed by atoms with Crippen molar-refractivity contribution in [2.45, 2.75) is 72.1 Å². The molecule has 0 aliphatic rings. The molecule has 0 bridgehead atoms. The maximum atomic E-state index is 13.0. The van der Waals surface area contributed by atoms with E-state index in [0.717, 1.165) is 0 Å². The van der Waals surface area contributed by atoms with E-state index in [1.807, 2.05) is 0 Å². The number of rotatable bonds is 12. The lowest BCUT2D eigenvalue weighted by Gasteiger charge is -2.27. The molecular weight excluding hydrogens is 416 g/mol. The second-order valence-electron chi connectivity index (χ2n) is 8.91. The Labute approximate surface area is 188 Å². The van der Waals surface area contributed by atoms with Crippen LogP contribution in [0.4, 0.5) is 0 Å². The molecule has 0 saturated heterocycles. The summed E-state index contributed by atoms with van der Waals surface area (Å²) in [7, 11) is 0.